The van der Waals surface area contributed by atoms with Crippen molar-refractivity contribution in [3.8, 4) is 0 Å². The van der Waals surface area contributed by atoms with Crippen molar-refractivity contribution >= 4 is 33.3 Å². The molecular formula is C24H31ClN4O2S. The molecule has 172 valence electrons. The van der Waals surface area contributed by atoms with Gasteiger partial charge in [0, 0.05) is 24.2 Å². The van der Waals surface area contributed by atoms with Crippen LogP contribution < -0.4 is 5.32 Å². The Morgan fingerprint density at radius 2 is 1.97 bits per heavy atom. The highest BCUT2D eigenvalue weighted by Gasteiger charge is 2.31. The van der Waals surface area contributed by atoms with Gasteiger partial charge in [0.05, 0.1) is 23.2 Å². The zero-order chi connectivity index (χ0) is 21.6. The lowest BCUT2D eigenvalue weighted by molar-refractivity contribution is 0.509. The van der Waals surface area contributed by atoms with Crippen molar-refractivity contribution in [2.75, 3.05) is 11.5 Å². The summed E-state index contributed by atoms with van der Waals surface area (Å²) >= 11 is 0. The molecule has 0 amide bonds. The Balaban J connectivity index is 0.00000245. The molecule has 2 unspecified atom stereocenters. The van der Waals surface area contributed by atoms with E-state index in [4.69, 9.17) is 0 Å². The average Bonchev–Trinajstić information content (AvgIpc) is 3.30. The molecule has 3 heterocycles. The first-order valence-electron chi connectivity index (χ1n) is 11.3. The van der Waals surface area contributed by atoms with E-state index in [-0.39, 0.29) is 36.0 Å². The highest BCUT2D eigenvalue weighted by Crippen LogP contribution is 2.28. The van der Waals surface area contributed by atoms with Crippen LogP contribution in [0.5, 0.6) is 0 Å². The van der Waals surface area contributed by atoms with Gasteiger partial charge in [-0.25, -0.2) is 18.1 Å². The van der Waals surface area contributed by atoms with Gasteiger partial charge >= 0.3 is 0 Å². The Kier molecular flexibility index (Phi) is 6.61. The van der Waals surface area contributed by atoms with E-state index in [1.54, 1.807) is 0 Å². The number of sulfone groups is 1. The fraction of sp³-hybridized carbons (Fsp3) is 0.500. The summed E-state index contributed by atoms with van der Waals surface area (Å²) in [5.41, 5.74) is 7.15. The summed E-state index contributed by atoms with van der Waals surface area (Å²) in [6, 6.07) is 9.22. The van der Waals surface area contributed by atoms with Crippen LogP contribution in [-0.2, 0) is 29.2 Å². The highest BCUT2D eigenvalue weighted by molar-refractivity contribution is 7.91. The highest BCUT2D eigenvalue weighted by atomic mass is 35.5. The minimum Gasteiger partial charge on any atom is -0.306 e. The first kappa shape index (κ1) is 23.2. The maximum atomic E-state index is 11.9. The fourth-order valence-corrected chi connectivity index (χ4v) is 6.64. The minimum atomic E-state index is -2.96. The van der Waals surface area contributed by atoms with Crippen LogP contribution in [-0.4, -0.2) is 34.7 Å². The second-order valence-corrected chi connectivity index (χ2v) is 11.4. The fourth-order valence-electron chi connectivity index (χ4n) is 4.94. The lowest BCUT2D eigenvalue weighted by Gasteiger charge is -2.20. The molecule has 0 bridgehead atoms. The molecule has 1 saturated heterocycles. The van der Waals surface area contributed by atoms with Crippen LogP contribution in [0.25, 0.3) is 11.0 Å². The molecule has 8 heteroatoms. The monoisotopic (exact) mass is 474 g/mol. The van der Waals surface area contributed by atoms with Crippen molar-refractivity contribution in [1.29, 1.82) is 0 Å². The number of benzene rings is 1. The first-order chi connectivity index (χ1) is 14.9. The van der Waals surface area contributed by atoms with Gasteiger partial charge in [0.1, 0.15) is 0 Å². The zero-order valence-electron chi connectivity index (χ0n) is 18.7. The van der Waals surface area contributed by atoms with Crippen LogP contribution in [0.15, 0.2) is 30.5 Å². The van der Waals surface area contributed by atoms with Crippen LogP contribution in [0.2, 0.25) is 0 Å². The average molecular weight is 475 g/mol. The van der Waals surface area contributed by atoms with Gasteiger partial charge in [-0.1, -0.05) is 18.2 Å². The number of fused-ring (bicyclic) bond motifs is 2. The van der Waals surface area contributed by atoms with Crippen molar-refractivity contribution in [1.82, 2.24) is 20.1 Å². The molecule has 0 radical (unpaired) electrons. The van der Waals surface area contributed by atoms with Crippen molar-refractivity contribution in [2.24, 2.45) is 0 Å². The Bertz CT molecular complexity index is 1240. The maximum Gasteiger partial charge on any atom is 0.158 e. The van der Waals surface area contributed by atoms with Crippen molar-refractivity contribution in [3.63, 3.8) is 0 Å². The third-order valence-corrected chi connectivity index (χ3v) is 8.58. The van der Waals surface area contributed by atoms with Gasteiger partial charge in [-0.15, -0.1) is 12.4 Å². The number of aryl methyl sites for hydroxylation is 3. The van der Waals surface area contributed by atoms with E-state index in [2.05, 4.69) is 46.6 Å². The van der Waals surface area contributed by atoms with E-state index in [0.29, 0.717) is 6.42 Å². The molecule has 1 aliphatic heterocycles. The van der Waals surface area contributed by atoms with Gasteiger partial charge in [0.2, 0.25) is 0 Å². The maximum absolute atomic E-state index is 11.9. The second kappa shape index (κ2) is 9.12. The number of halogens is 1. The second-order valence-electron chi connectivity index (χ2n) is 9.14. The summed E-state index contributed by atoms with van der Waals surface area (Å²) in [6.07, 6.45) is 7.51. The number of pyridine rings is 1. The van der Waals surface area contributed by atoms with E-state index >= 15 is 0 Å². The molecule has 1 aliphatic carbocycles. The Hall–Kier alpha value is -1.96. The summed E-state index contributed by atoms with van der Waals surface area (Å²) in [4.78, 5) is 4.67. The first-order valence-corrected chi connectivity index (χ1v) is 13.1. The van der Waals surface area contributed by atoms with E-state index in [1.165, 1.54) is 42.4 Å². The lowest BCUT2D eigenvalue weighted by atomic mass is 9.89. The SMILES string of the molecule is Cc1nn(C2CCS(=O)(=O)C2)c2ncc(CNC(C)c3ccc4c(c3)CCCC4)cc12.Cl. The van der Waals surface area contributed by atoms with Gasteiger partial charge < -0.3 is 5.32 Å². The zero-order valence-corrected chi connectivity index (χ0v) is 20.3. The number of nitrogens with one attached hydrogen (secondary N) is 1. The Morgan fingerprint density at radius 1 is 1.19 bits per heavy atom. The third-order valence-electron chi connectivity index (χ3n) is 6.83. The summed E-state index contributed by atoms with van der Waals surface area (Å²) < 4.78 is 25.6. The molecule has 2 aromatic heterocycles. The van der Waals surface area contributed by atoms with Crippen molar-refractivity contribution < 1.29 is 8.42 Å². The molecule has 1 fully saturated rings. The lowest BCUT2D eigenvalue weighted by Crippen LogP contribution is -2.19. The Labute approximate surface area is 196 Å². The van der Waals surface area contributed by atoms with Crippen LogP contribution in [0.3, 0.4) is 0 Å². The quantitative estimate of drug-likeness (QED) is 0.598. The summed E-state index contributed by atoms with van der Waals surface area (Å²) in [5, 5.41) is 9.27. The number of hydrogen-bond donors (Lipinski definition) is 1. The topological polar surface area (TPSA) is 76.9 Å². The van der Waals surface area contributed by atoms with Gasteiger partial charge in [0.25, 0.3) is 0 Å². The molecule has 0 spiro atoms. The molecule has 1 aromatic carbocycles. The number of nitrogens with zero attached hydrogens (tertiary/aromatic N) is 3. The molecule has 0 saturated carbocycles. The van der Waals surface area contributed by atoms with Crippen molar-refractivity contribution in [3.05, 3.63) is 58.4 Å². The molecule has 6 nitrogen and oxygen atoms in total. The molecular weight excluding hydrogens is 444 g/mol. The largest absolute Gasteiger partial charge is 0.306 e. The molecule has 5 rings (SSSR count). The van der Waals surface area contributed by atoms with Crippen LogP contribution in [0.1, 0.15) is 66.2 Å². The summed E-state index contributed by atoms with van der Waals surface area (Å²) in [6.45, 7) is 4.90. The van der Waals surface area contributed by atoms with Crippen LogP contribution in [0, 0.1) is 6.92 Å². The molecule has 1 N–H and O–H groups in total. The van der Waals surface area contributed by atoms with E-state index in [1.807, 2.05) is 17.8 Å². The summed E-state index contributed by atoms with van der Waals surface area (Å²) in [5.74, 6) is 0.396. The minimum absolute atomic E-state index is 0. The third kappa shape index (κ3) is 4.56. The normalized spacial score (nSPS) is 20.6. The summed E-state index contributed by atoms with van der Waals surface area (Å²) in [7, 11) is -2.96. The van der Waals surface area contributed by atoms with Gasteiger partial charge in [0.15, 0.2) is 15.5 Å². The predicted octanol–water partition coefficient (Wildman–Crippen LogP) is 4.25. The van der Waals surface area contributed by atoms with Gasteiger partial charge in [-0.05, 0) is 74.3 Å². The smallest absolute Gasteiger partial charge is 0.158 e. The predicted molar refractivity (Wildman–Crippen MR) is 130 cm³/mol. The molecule has 32 heavy (non-hydrogen) atoms. The van der Waals surface area contributed by atoms with Crippen LogP contribution >= 0.6 is 12.4 Å². The molecule has 3 aromatic rings. The molecule has 2 aliphatic rings. The van der Waals surface area contributed by atoms with E-state index in [9.17, 15) is 8.42 Å². The van der Waals surface area contributed by atoms with Crippen molar-refractivity contribution in [2.45, 2.75) is 64.6 Å². The Morgan fingerprint density at radius 3 is 2.72 bits per heavy atom. The molecule has 2 atom stereocenters. The number of hydrogen-bond acceptors (Lipinski definition) is 5. The standard InChI is InChI=1S/C24H30N4O2S.ClH/c1-16(20-8-7-19-5-3-4-6-21(19)12-20)25-13-18-11-23-17(2)27-28(24(23)26-14-18)22-9-10-31(29,30)15-22;/h7-8,11-12,14,16,22,25H,3-6,9-10,13,15H2,1-2H3;1H. The number of rotatable bonds is 5. The van der Waals surface area contributed by atoms with Crippen LogP contribution in [0.4, 0.5) is 0 Å². The van der Waals surface area contributed by atoms with Gasteiger partial charge in [-0.3, -0.25) is 0 Å². The number of aromatic nitrogens is 3. The van der Waals surface area contributed by atoms with E-state index < -0.39 is 9.84 Å². The van der Waals surface area contributed by atoms with Gasteiger partial charge in [-0.2, -0.15) is 5.10 Å². The van der Waals surface area contributed by atoms with E-state index in [0.717, 1.165) is 28.8 Å².